The number of hydrogen-bond donors (Lipinski definition) is 1. The van der Waals surface area contributed by atoms with Crippen LogP contribution in [0.2, 0.25) is 5.02 Å². The number of hydrogen-bond acceptors (Lipinski definition) is 6. The Morgan fingerprint density at radius 1 is 1.13 bits per heavy atom. The maximum Gasteiger partial charge on any atom is 0.278 e. The Kier molecular flexibility index (Phi) is 7.04. The van der Waals surface area contributed by atoms with Crippen molar-refractivity contribution in [2.24, 2.45) is 0 Å². The van der Waals surface area contributed by atoms with Gasteiger partial charge < -0.3 is 10.1 Å². The van der Waals surface area contributed by atoms with Crippen LogP contribution in [0.25, 0.3) is 5.57 Å². The molecule has 0 spiro atoms. The molecule has 1 N–H and O–H groups in total. The van der Waals surface area contributed by atoms with Crippen molar-refractivity contribution in [1.29, 1.82) is 0 Å². The first-order valence-corrected chi connectivity index (χ1v) is 10.2. The van der Waals surface area contributed by atoms with Gasteiger partial charge in [-0.1, -0.05) is 17.7 Å². The number of ether oxygens (including phenoxy) is 1. The SMILES string of the molecule is CCOCCCN1C(=O)C(Nc2cccc(Cl)c2C)=C(c2ccc([N+](=O)[O-])cc2)C1=O. The van der Waals surface area contributed by atoms with E-state index in [1.165, 1.54) is 24.3 Å². The molecule has 2 amide bonds. The van der Waals surface area contributed by atoms with Gasteiger partial charge in [-0.25, -0.2) is 0 Å². The van der Waals surface area contributed by atoms with Gasteiger partial charge in [0.05, 0.1) is 10.5 Å². The molecule has 0 radical (unpaired) electrons. The summed E-state index contributed by atoms with van der Waals surface area (Å²) in [5, 5.41) is 14.6. The molecule has 0 atom stereocenters. The van der Waals surface area contributed by atoms with E-state index in [9.17, 15) is 19.7 Å². The number of nitrogens with one attached hydrogen (secondary N) is 1. The average molecular weight is 444 g/mol. The zero-order valence-electron chi connectivity index (χ0n) is 17.2. The average Bonchev–Trinajstić information content (AvgIpc) is 2.98. The topological polar surface area (TPSA) is 102 Å². The zero-order chi connectivity index (χ0) is 22.5. The van der Waals surface area contributed by atoms with Gasteiger partial charge in [-0.3, -0.25) is 24.6 Å². The third-order valence-corrected chi connectivity index (χ3v) is 5.35. The van der Waals surface area contributed by atoms with Gasteiger partial charge in [-0.15, -0.1) is 0 Å². The molecule has 2 aromatic carbocycles. The lowest BCUT2D eigenvalue weighted by atomic mass is 10.0. The van der Waals surface area contributed by atoms with Crippen LogP contribution in [0.5, 0.6) is 0 Å². The lowest BCUT2D eigenvalue weighted by molar-refractivity contribution is -0.384. The van der Waals surface area contributed by atoms with Crippen LogP contribution in [0.4, 0.5) is 11.4 Å². The third-order valence-electron chi connectivity index (χ3n) is 4.94. The first-order chi connectivity index (χ1) is 14.8. The van der Waals surface area contributed by atoms with Crippen molar-refractivity contribution in [1.82, 2.24) is 4.90 Å². The Morgan fingerprint density at radius 2 is 1.84 bits per heavy atom. The number of nitrogens with zero attached hydrogens (tertiary/aromatic N) is 2. The summed E-state index contributed by atoms with van der Waals surface area (Å²) in [6, 6.07) is 10.8. The summed E-state index contributed by atoms with van der Waals surface area (Å²) in [5.41, 5.74) is 1.92. The number of amides is 2. The number of halogens is 1. The van der Waals surface area contributed by atoms with Gasteiger partial charge in [0.2, 0.25) is 0 Å². The van der Waals surface area contributed by atoms with Gasteiger partial charge >= 0.3 is 0 Å². The molecule has 0 saturated heterocycles. The lowest BCUT2D eigenvalue weighted by Gasteiger charge is -2.15. The molecular formula is C22H22ClN3O5. The maximum atomic E-state index is 13.2. The molecule has 1 heterocycles. The van der Waals surface area contributed by atoms with E-state index in [2.05, 4.69) is 5.32 Å². The predicted molar refractivity (Wildman–Crippen MR) is 118 cm³/mol. The summed E-state index contributed by atoms with van der Waals surface area (Å²) in [5.74, 6) is -0.924. The van der Waals surface area contributed by atoms with Crippen LogP contribution in [0.3, 0.4) is 0 Å². The number of non-ortho nitro benzene ring substituents is 1. The molecule has 9 heteroatoms. The highest BCUT2D eigenvalue weighted by molar-refractivity contribution is 6.36. The Labute approximate surface area is 184 Å². The smallest absolute Gasteiger partial charge is 0.278 e. The van der Waals surface area contributed by atoms with Gasteiger partial charge in [0, 0.05) is 42.6 Å². The quantitative estimate of drug-likeness (QED) is 0.270. The minimum Gasteiger partial charge on any atom is -0.382 e. The summed E-state index contributed by atoms with van der Waals surface area (Å²) in [6.45, 7) is 4.85. The Bertz CT molecular complexity index is 1050. The molecule has 0 saturated carbocycles. The van der Waals surface area contributed by atoms with E-state index < -0.39 is 16.7 Å². The van der Waals surface area contributed by atoms with Crippen molar-refractivity contribution in [2.45, 2.75) is 20.3 Å². The molecule has 0 fully saturated rings. The van der Waals surface area contributed by atoms with E-state index in [1.807, 2.05) is 6.92 Å². The van der Waals surface area contributed by atoms with Crippen LogP contribution >= 0.6 is 11.6 Å². The van der Waals surface area contributed by atoms with E-state index in [0.29, 0.717) is 35.9 Å². The number of carbonyl (C=O) groups is 2. The molecule has 1 aliphatic rings. The van der Waals surface area contributed by atoms with Crippen LogP contribution < -0.4 is 5.32 Å². The summed E-state index contributed by atoms with van der Waals surface area (Å²) >= 11 is 6.20. The molecule has 31 heavy (non-hydrogen) atoms. The number of rotatable bonds is 9. The Balaban J connectivity index is 1.99. The second-order valence-corrected chi connectivity index (χ2v) is 7.31. The Morgan fingerprint density at radius 3 is 2.48 bits per heavy atom. The van der Waals surface area contributed by atoms with Crippen molar-refractivity contribution < 1.29 is 19.2 Å². The lowest BCUT2D eigenvalue weighted by Crippen LogP contribution is -2.34. The maximum absolute atomic E-state index is 13.2. The largest absolute Gasteiger partial charge is 0.382 e. The summed E-state index contributed by atoms with van der Waals surface area (Å²) < 4.78 is 5.31. The highest BCUT2D eigenvalue weighted by atomic mass is 35.5. The molecule has 0 unspecified atom stereocenters. The van der Waals surface area contributed by atoms with Crippen molar-refractivity contribution in [3.05, 3.63) is 74.4 Å². The van der Waals surface area contributed by atoms with Gasteiger partial charge in [-0.05, 0) is 55.7 Å². The van der Waals surface area contributed by atoms with Crippen LogP contribution in [0.1, 0.15) is 24.5 Å². The fourth-order valence-electron chi connectivity index (χ4n) is 3.26. The molecule has 0 bridgehead atoms. The third kappa shape index (κ3) is 4.76. The molecule has 0 aromatic heterocycles. The molecule has 0 aliphatic carbocycles. The summed E-state index contributed by atoms with van der Waals surface area (Å²) in [4.78, 5) is 37.9. The fraction of sp³-hybridized carbons (Fsp3) is 0.273. The van der Waals surface area contributed by atoms with E-state index in [1.54, 1.807) is 25.1 Å². The molecule has 1 aliphatic heterocycles. The highest BCUT2D eigenvalue weighted by Crippen LogP contribution is 2.33. The van der Waals surface area contributed by atoms with Crippen LogP contribution in [-0.4, -0.2) is 41.4 Å². The first kappa shape index (κ1) is 22.5. The normalized spacial score (nSPS) is 13.8. The minimum atomic E-state index is -0.520. The molecular weight excluding hydrogens is 422 g/mol. The summed E-state index contributed by atoms with van der Waals surface area (Å²) in [6.07, 6.45) is 0.502. The molecule has 2 aromatic rings. The molecule has 8 nitrogen and oxygen atoms in total. The fourth-order valence-corrected chi connectivity index (χ4v) is 3.43. The molecule has 162 valence electrons. The Hall–Kier alpha value is -3.23. The van der Waals surface area contributed by atoms with Gasteiger partial charge in [0.15, 0.2) is 0 Å². The van der Waals surface area contributed by atoms with Crippen molar-refractivity contribution in [2.75, 3.05) is 25.1 Å². The van der Waals surface area contributed by atoms with Crippen molar-refractivity contribution in [3.8, 4) is 0 Å². The van der Waals surface area contributed by atoms with Crippen LogP contribution in [-0.2, 0) is 14.3 Å². The van der Waals surface area contributed by atoms with E-state index in [-0.39, 0.29) is 23.5 Å². The van der Waals surface area contributed by atoms with Crippen LogP contribution in [0, 0.1) is 17.0 Å². The minimum absolute atomic E-state index is 0.102. The number of carbonyl (C=O) groups excluding carboxylic acids is 2. The zero-order valence-corrected chi connectivity index (χ0v) is 17.9. The van der Waals surface area contributed by atoms with Crippen molar-refractivity contribution >= 4 is 40.4 Å². The number of imide groups is 1. The molecule has 3 rings (SSSR count). The standard InChI is InChI=1S/C22H22ClN3O5/c1-3-31-13-5-12-25-21(27)19(15-8-10-16(11-9-15)26(29)30)20(22(25)28)24-18-7-4-6-17(23)14(18)2/h4,6-11,24H,3,5,12-13H2,1-2H3. The van der Waals surface area contributed by atoms with Crippen LogP contribution in [0.15, 0.2) is 48.2 Å². The van der Waals surface area contributed by atoms with Gasteiger partial charge in [-0.2, -0.15) is 0 Å². The van der Waals surface area contributed by atoms with E-state index >= 15 is 0 Å². The number of anilines is 1. The monoisotopic (exact) mass is 443 g/mol. The number of benzene rings is 2. The van der Waals surface area contributed by atoms with Gasteiger partial charge in [0.25, 0.3) is 17.5 Å². The predicted octanol–water partition coefficient (Wildman–Crippen LogP) is 4.18. The van der Waals surface area contributed by atoms with E-state index in [0.717, 1.165) is 10.5 Å². The second kappa shape index (κ2) is 9.72. The highest BCUT2D eigenvalue weighted by Gasteiger charge is 2.39. The second-order valence-electron chi connectivity index (χ2n) is 6.90. The van der Waals surface area contributed by atoms with Crippen molar-refractivity contribution in [3.63, 3.8) is 0 Å². The summed E-state index contributed by atoms with van der Waals surface area (Å²) in [7, 11) is 0. The first-order valence-electron chi connectivity index (χ1n) is 9.80. The number of nitro benzene ring substituents is 1. The number of nitro groups is 1. The van der Waals surface area contributed by atoms with E-state index in [4.69, 9.17) is 16.3 Å². The van der Waals surface area contributed by atoms with Gasteiger partial charge in [0.1, 0.15) is 5.70 Å².